The topological polar surface area (TPSA) is 36.5 Å². The van der Waals surface area contributed by atoms with E-state index in [1.807, 2.05) is 0 Å². The molecule has 3 atom stereocenters. The van der Waals surface area contributed by atoms with Crippen molar-refractivity contribution >= 4 is 5.69 Å². The summed E-state index contributed by atoms with van der Waals surface area (Å²) in [6, 6.07) is 28.4. The summed E-state index contributed by atoms with van der Waals surface area (Å²) in [5.41, 5.74) is 12.4. The molecule has 0 radical (unpaired) electrons. The van der Waals surface area contributed by atoms with E-state index in [9.17, 15) is 0 Å². The van der Waals surface area contributed by atoms with Gasteiger partial charge in [-0.2, -0.15) is 0 Å². The van der Waals surface area contributed by atoms with E-state index in [2.05, 4.69) is 94.6 Å². The van der Waals surface area contributed by atoms with Gasteiger partial charge in [0.1, 0.15) is 5.75 Å². The van der Waals surface area contributed by atoms with Crippen molar-refractivity contribution in [3.05, 3.63) is 95.6 Å². The van der Waals surface area contributed by atoms with E-state index >= 15 is 0 Å². The molecule has 1 fully saturated rings. The summed E-state index contributed by atoms with van der Waals surface area (Å²) < 4.78 is 5.53. The Hall–Kier alpha value is -2.82. The number of hydrazine groups is 1. The van der Waals surface area contributed by atoms with Crippen molar-refractivity contribution in [3.8, 4) is 5.75 Å². The maximum atomic E-state index is 5.53. The number of nitrogens with one attached hydrogen (secondary N) is 2. The van der Waals surface area contributed by atoms with Crippen LogP contribution in [0.5, 0.6) is 5.75 Å². The van der Waals surface area contributed by atoms with E-state index in [1.165, 1.54) is 22.4 Å². The standard InChI is InChI=1S/C24H25N3O/c1-28-19-12-13-22-20(14-19)24-21(16-27(22)15-17-8-4-2-5-9-17)23(25-26-24)18-10-6-3-7-11-18/h2-14,21,23-26H,15-16H2,1H3. The van der Waals surface area contributed by atoms with Crippen molar-refractivity contribution < 1.29 is 4.74 Å². The van der Waals surface area contributed by atoms with Crippen LogP contribution in [0.3, 0.4) is 0 Å². The maximum Gasteiger partial charge on any atom is 0.119 e. The molecular weight excluding hydrogens is 346 g/mol. The molecular formula is C24H25N3O. The van der Waals surface area contributed by atoms with Crippen LogP contribution in [0, 0.1) is 5.92 Å². The fourth-order valence-electron chi connectivity index (χ4n) is 4.60. The molecule has 3 unspecified atom stereocenters. The quantitative estimate of drug-likeness (QED) is 0.720. The van der Waals surface area contributed by atoms with Crippen molar-refractivity contribution in [2.24, 2.45) is 5.92 Å². The molecule has 0 aromatic heterocycles. The Morgan fingerprint density at radius 1 is 0.893 bits per heavy atom. The van der Waals surface area contributed by atoms with Crippen molar-refractivity contribution in [1.82, 2.24) is 10.9 Å². The van der Waals surface area contributed by atoms with Gasteiger partial charge in [0, 0.05) is 24.7 Å². The van der Waals surface area contributed by atoms with Gasteiger partial charge in [-0.05, 0) is 34.9 Å². The molecule has 3 aromatic rings. The fraction of sp³-hybridized carbons (Fsp3) is 0.250. The predicted octanol–water partition coefficient (Wildman–Crippen LogP) is 4.22. The number of anilines is 1. The van der Waals surface area contributed by atoms with Crippen LogP contribution in [-0.2, 0) is 6.54 Å². The van der Waals surface area contributed by atoms with Crippen LogP contribution in [0.15, 0.2) is 78.9 Å². The van der Waals surface area contributed by atoms with Gasteiger partial charge in [-0.25, -0.2) is 10.9 Å². The van der Waals surface area contributed by atoms with Gasteiger partial charge >= 0.3 is 0 Å². The Labute approximate surface area is 166 Å². The molecule has 0 spiro atoms. The molecule has 2 aliphatic rings. The zero-order valence-electron chi connectivity index (χ0n) is 16.0. The average molecular weight is 371 g/mol. The van der Waals surface area contributed by atoms with Crippen LogP contribution < -0.4 is 20.5 Å². The Bertz CT molecular complexity index is 945. The van der Waals surface area contributed by atoms with E-state index in [0.29, 0.717) is 5.92 Å². The van der Waals surface area contributed by atoms with E-state index in [4.69, 9.17) is 4.74 Å². The predicted molar refractivity (Wildman–Crippen MR) is 112 cm³/mol. The van der Waals surface area contributed by atoms with Crippen LogP contribution in [0.2, 0.25) is 0 Å². The Kier molecular flexibility index (Phi) is 4.51. The lowest BCUT2D eigenvalue weighted by molar-refractivity contribution is 0.393. The number of nitrogens with zero attached hydrogens (tertiary/aromatic N) is 1. The van der Waals surface area contributed by atoms with Crippen LogP contribution in [-0.4, -0.2) is 13.7 Å². The number of methoxy groups -OCH3 is 1. The Balaban J connectivity index is 1.53. The molecule has 2 aliphatic heterocycles. The lowest BCUT2D eigenvalue weighted by Gasteiger charge is -2.39. The SMILES string of the molecule is COc1ccc2c(c1)C1NNC(c3ccccc3)C1CN2Cc1ccccc1. The van der Waals surface area contributed by atoms with Crippen molar-refractivity contribution in [3.63, 3.8) is 0 Å². The van der Waals surface area contributed by atoms with E-state index in [1.54, 1.807) is 7.11 Å². The monoisotopic (exact) mass is 371 g/mol. The van der Waals surface area contributed by atoms with Crippen molar-refractivity contribution in [2.45, 2.75) is 18.6 Å². The number of rotatable bonds is 4. The Morgan fingerprint density at radius 2 is 1.61 bits per heavy atom. The molecule has 0 amide bonds. The summed E-state index contributed by atoms with van der Waals surface area (Å²) >= 11 is 0. The molecule has 2 N–H and O–H groups in total. The number of benzene rings is 3. The molecule has 0 bridgehead atoms. The summed E-state index contributed by atoms with van der Waals surface area (Å²) in [4.78, 5) is 2.51. The maximum absolute atomic E-state index is 5.53. The molecule has 2 heterocycles. The lowest BCUT2D eigenvalue weighted by Crippen LogP contribution is -2.39. The highest BCUT2D eigenvalue weighted by atomic mass is 16.5. The molecule has 0 saturated carbocycles. The smallest absolute Gasteiger partial charge is 0.119 e. The third-order valence-electron chi connectivity index (χ3n) is 5.97. The minimum Gasteiger partial charge on any atom is -0.497 e. The number of fused-ring (bicyclic) bond motifs is 3. The highest BCUT2D eigenvalue weighted by Gasteiger charge is 2.43. The molecule has 28 heavy (non-hydrogen) atoms. The van der Waals surface area contributed by atoms with Crippen LogP contribution in [0.25, 0.3) is 0 Å². The third-order valence-corrected chi connectivity index (χ3v) is 5.97. The minimum absolute atomic E-state index is 0.266. The highest BCUT2D eigenvalue weighted by molar-refractivity contribution is 5.61. The molecule has 142 valence electrons. The first-order valence-corrected chi connectivity index (χ1v) is 9.86. The van der Waals surface area contributed by atoms with Crippen molar-refractivity contribution in [1.29, 1.82) is 0 Å². The van der Waals surface area contributed by atoms with E-state index < -0.39 is 0 Å². The molecule has 0 aliphatic carbocycles. The van der Waals surface area contributed by atoms with Gasteiger partial charge in [0.05, 0.1) is 19.2 Å². The third kappa shape index (κ3) is 3.05. The Morgan fingerprint density at radius 3 is 2.36 bits per heavy atom. The zero-order chi connectivity index (χ0) is 18.9. The lowest BCUT2D eigenvalue weighted by atomic mass is 9.82. The van der Waals surface area contributed by atoms with Crippen LogP contribution in [0.1, 0.15) is 28.8 Å². The minimum atomic E-state index is 0.266. The molecule has 5 rings (SSSR count). The summed E-state index contributed by atoms with van der Waals surface area (Å²) in [7, 11) is 1.73. The summed E-state index contributed by atoms with van der Waals surface area (Å²) in [6.07, 6.45) is 0. The molecule has 4 nitrogen and oxygen atoms in total. The fourth-order valence-corrected chi connectivity index (χ4v) is 4.60. The second kappa shape index (κ2) is 7.30. The van der Waals surface area contributed by atoms with Crippen LogP contribution in [0.4, 0.5) is 5.69 Å². The number of hydrogen-bond acceptors (Lipinski definition) is 4. The van der Waals surface area contributed by atoms with Gasteiger partial charge in [-0.15, -0.1) is 0 Å². The summed E-state index contributed by atoms with van der Waals surface area (Å²) in [5, 5.41) is 0. The van der Waals surface area contributed by atoms with Gasteiger partial charge < -0.3 is 9.64 Å². The highest BCUT2D eigenvalue weighted by Crippen LogP contribution is 2.46. The molecule has 1 saturated heterocycles. The zero-order valence-corrected chi connectivity index (χ0v) is 16.0. The van der Waals surface area contributed by atoms with E-state index in [-0.39, 0.29) is 12.1 Å². The summed E-state index contributed by atoms with van der Waals surface area (Å²) in [6.45, 7) is 1.91. The van der Waals surface area contributed by atoms with Gasteiger partial charge in [-0.1, -0.05) is 60.7 Å². The normalized spacial score (nSPS) is 23.2. The first-order chi connectivity index (χ1) is 13.8. The largest absolute Gasteiger partial charge is 0.497 e. The van der Waals surface area contributed by atoms with E-state index in [0.717, 1.165) is 18.8 Å². The van der Waals surface area contributed by atoms with Gasteiger partial charge in [-0.3, -0.25) is 0 Å². The molecule has 3 aromatic carbocycles. The first kappa shape index (κ1) is 17.3. The van der Waals surface area contributed by atoms with Gasteiger partial charge in [0.2, 0.25) is 0 Å². The number of hydrogen-bond donors (Lipinski definition) is 2. The molecule has 4 heteroatoms. The van der Waals surface area contributed by atoms with Crippen LogP contribution >= 0.6 is 0 Å². The van der Waals surface area contributed by atoms with Gasteiger partial charge in [0.25, 0.3) is 0 Å². The van der Waals surface area contributed by atoms with Crippen molar-refractivity contribution in [2.75, 3.05) is 18.6 Å². The van der Waals surface area contributed by atoms with Gasteiger partial charge in [0.15, 0.2) is 0 Å². The second-order valence-electron chi connectivity index (χ2n) is 7.61. The summed E-state index contributed by atoms with van der Waals surface area (Å²) in [5.74, 6) is 1.34. The second-order valence-corrected chi connectivity index (χ2v) is 7.61. The first-order valence-electron chi connectivity index (χ1n) is 9.86. The average Bonchev–Trinajstić information content (AvgIpc) is 3.19. The number of ether oxygens (including phenoxy) is 1.